The van der Waals surface area contributed by atoms with Crippen LogP contribution in [-0.4, -0.2) is 23.6 Å². The minimum atomic E-state index is -0.754. The lowest BCUT2D eigenvalue weighted by molar-refractivity contribution is -0.114. The van der Waals surface area contributed by atoms with Gasteiger partial charge in [-0.2, -0.15) is 5.26 Å². The van der Waals surface area contributed by atoms with Crippen LogP contribution in [0.15, 0.2) is 24.4 Å². The van der Waals surface area contributed by atoms with Crippen LogP contribution in [0.1, 0.15) is 23.0 Å². The number of amides is 1. The minimum absolute atomic E-state index is 0.00139. The Hall–Kier alpha value is -3.34. The largest absolute Gasteiger partial charge is 0.464 e. The Kier molecular flexibility index (Phi) is 4.32. The number of anilines is 2. The third kappa shape index (κ3) is 2.98. The lowest BCUT2D eigenvalue weighted by Gasteiger charge is -2.10. The van der Waals surface area contributed by atoms with E-state index in [1.165, 1.54) is 36.9 Å². The number of nitrogens with zero attached hydrogens (tertiary/aromatic N) is 2. The molecule has 8 heteroatoms. The van der Waals surface area contributed by atoms with E-state index in [-0.39, 0.29) is 28.3 Å². The number of hydrogen-bond donors (Lipinski definition) is 2. The number of ether oxygens (including phenoxy) is 1. The number of esters is 1. The number of halogens is 1. The first-order chi connectivity index (χ1) is 10.9. The second-order valence-electron chi connectivity index (χ2n) is 4.62. The fourth-order valence-electron chi connectivity index (χ4n) is 2.06. The van der Waals surface area contributed by atoms with E-state index in [0.29, 0.717) is 0 Å². The number of nitrogen functional groups attached to an aromatic ring is 1. The van der Waals surface area contributed by atoms with Crippen molar-refractivity contribution < 1.29 is 18.7 Å². The molecule has 1 amide bonds. The van der Waals surface area contributed by atoms with Crippen LogP contribution in [0.4, 0.5) is 15.8 Å². The highest BCUT2D eigenvalue weighted by molar-refractivity contribution is 5.96. The fraction of sp³-hybridized carbons (Fsp3) is 0.133. The average Bonchev–Trinajstić information content (AvgIpc) is 2.85. The molecule has 0 unspecified atom stereocenters. The van der Waals surface area contributed by atoms with Crippen molar-refractivity contribution in [2.75, 3.05) is 18.2 Å². The van der Waals surface area contributed by atoms with Gasteiger partial charge < -0.3 is 20.4 Å². The molecule has 0 aliphatic carbocycles. The van der Waals surface area contributed by atoms with Crippen molar-refractivity contribution in [3.63, 3.8) is 0 Å². The molecular formula is C15H13FN4O3. The first kappa shape index (κ1) is 16.0. The van der Waals surface area contributed by atoms with Crippen molar-refractivity contribution in [2.45, 2.75) is 6.92 Å². The zero-order chi connectivity index (χ0) is 17.1. The van der Waals surface area contributed by atoms with Crippen molar-refractivity contribution in [2.24, 2.45) is 0 Å². The van der Waals surface area contributed by atoms with Crippen molar-refractivity contribution in [1.29, 1.82) is 5.26 Å². The molecule has 0 atom stereocenters. The number of hydrogen-bond acceptors (Lipinski definition) is 5. The summed E-state index contributed by atoms with van der Waals surface area (Å²) in [5.74, 6) is -1.86. The molecule has 1 aromatic heterocycles. The molecule has 0 saturated carbocycles. The second kappa shape index (κ2) is 6.19. The second-order valence-corrected chi connectivity index (χ2v) is 4.62. The van der Waals surface area contributed by atoms with Gasteiger partial charge >= 0.3 is 5.97 Å². The molecule has 0 saturated heterocycles. The summed E-state index contributed by atoms with van der Waals surface area (Å²) in [5.41, 5.74) is 5.97. The standard InChI is InChI=1S/C15H13FN4O3/c1-8(21)19-12-4-3-10(5-11(12)16)20-7-9(6-17)13(18)14(20)15(22)23-2/h3-5,7H,18H2,1-2H3,(H,19,21). The topological polar surface area (TPSA) is 110 Å². The van der Waals surface area contributed by atoms with Crippen molar-refractivity contribution >= 4 is 23.3 Å². The van der Waals surface area contributed by atoms with Gasteiger partial charge in [0, 0.05) is 24.9 Å². The summed E-state index contributed by atoms with van der Waals surface area (Å²) >= 11 is 0. The van der Waals surface area contributed by atoms with Gasteiger partial charge in [-0.05, 0) is 12.1 Å². The van der Waals surface area contributed by atoms with Gasteiger partial charge in [0.2, 0.25) is 5.91 Å². The first-order valence-corrected chi connectivity index (χ1v) is 6.45. The normalized spacial score (nSPS) is 10.0. The third-order valence-corrected chi connectivity index (χ3v) is 3.09. The summed E-state index contributed by atoms with van der Waals surface area (Å²) in [6.45, 7) is 1.26. The van der Waals surface area contributed by atoms with Gasteiger partial charge in [-0.1, -0.05) is 0 Å². The van der Waals surface area contributed by atoms with E-state index in [1.807, 2.05) is 6.07 Å². The molecule has 0 aliphatic heterocycles. The van der Waals surface area contributed by atoms with Gasteiger partial charge in [-0.15, -0.1) is 0 Å². The molecule has 0 radical (unpaired) electrons. The molecule has 0 spiro atoms. The van der Waals surface area contributed by atoms with E-state index >= 15 is 0 Å². The lowest BCUT2D eigenvalue weighted by atomic mass is 10.2. The smallest absolute Gasteiger partial charge is 0.357 e. The zero-order valence-corrected chi connectivity index (χ0v) is 12.4. The summed E-state index contributed by atoms with van der Waals surface area (Å²) in [7, 11) is 1.17. The molecule has 0 fully saturated rings. The molecule has 1 aromatic carbocycles. The van der Waals surface area contributed by atoms with Crippen molar-refractivity contribution in [3.05, 3.63) is 41.5 Å². The molecule has 7 nitrogen and oxygen atoms in total. The highest BCUT2D eigenvalue weighted by Gasteiger charge is 2.22. The lowest BCUT2D eigenvalue weighted by Crippen LogP contribution is -2.12. The van der Waals surface area contributed by atoms with Crippen LogP contribution in [-0.2, 0) is 9.53 Å². The average molecular weight is 316 g/mol. The zero-order valence-electron chi connectivity index (χ0n) is 12.4. The van der Waals surface area contributed by atoms with Gasteiger partial charge in [-0.25, -0.2) is 9.18 Å². The fourth-order valence-corrected chi connectivity index (χ4v) is 2.06. The maximum atomic E-state index is 14.1. The van der Waals surface area contributed by atoms with Gasteiger partial charge in [-0.3, -0.25) is 4.79 Å². The van der Waals surface area contributed by atoms with Crippen LogP contribution in [0.3, 0.4) is 0 Å². The molecule has 0 aliphatic rings. The van der Waals surface area contributed by atoms with Crippen molar-refractivity contribution in [1.82, 2.24) is 4.57 Å². The van der Waals surface area contributed by atoms with Gasteiger partial charge in [0.1, 0.15) is 11.9 Å². The van der Waals surface area contributed by atoms with Crippen LogP contribution in [0.5, 0.6) is 0 Å². The summed E-state index contributed by atoms with van der Waals surface area (Å²) in [6.07, 6.45) is 1.31. The highest BCUT2D eigenvalue weighted by atomic mass is 19.1. The number of nitriles is 1. The first-order valence-electron chi connectivity index (χ1n) is 6.45. The third-order valence-electron chi connectivity index (χ3n) is 3.09. The van der Waals surface area contributed by atoms with E-state index in [1.54, 1.807) is 0 Å². The molecule has 2 rings (SSSR count). The molecule has 3 N–H and O–H groups in total. The van der Waals surface area contributed by atoms with Gasteiger partial charge in [0.05, 0.1) is 24.0 Å². The Bertz CT molecular complexity index is 836. The Labute approximate surface area is 131 Å². The predicted molar refractivity (Wildman–Crippen MR) is 80.5 cm³/mol. The van der Waals surface area contributed by atoms with E-state index < -0.39 is 17.7 Å². The Balaban J connectivity index is 2.58. The summed E-state index contributed by atoms with van der Waals surface area (Å²) in [5, 5.41) is 11.4. The van der Waals surface area contributed by atoms with Gasteiger partial charge in [0.15, 0.2) is 5.69 Å². The van der Waals surface area contributed by atoms with Crippen LogP contribution < -0.4 is 11.1 Å². The molecule has 23 heavy (non-hydrogen) atoms. The quantitative estimate of drug-likeness (QED) is 0.839. The number of carbonyl (C=O) groups excluding carboxylic acids is 2. The number of benzene rings is 1. The Morgan fingerprint density at radius 2 is 2.13 bits per heavy atom. The predicted octanol–water partition coefficient (Wildman–Crippen LogP) is 1.82. The van der Waals surface area contributed by atoms with E-state index in [0.717, 1.165) is 6.07 Å². The maximum Gasteiger partial charge on any atom is 0.357 e. The summed E-state index contributed by atoms with van der Waals surface area (Å²) in [6, 6.07) is 5.78. The maximum absolute atomic E-state index is 14.1. The number of nitrogens with one attached hydrogen (secondary N) is 1. The van der Waals surface area contributed by atoms with Gasteiger partial charge in [0.25, 0.3) is 0 Å². The monoisotopic (exact) mass is 316 g/mol. The summed E-state index contributed by atoms with van der Waals surface area (Å²) < 4.78 is 20.0. The highest BCUT2D eigenvalue weighted by Crippen LogP contribution is 2.26. The number of rotatable bonds is 3. The summed E-state index contributed by atoms with van der Waals surface area (Å²) in [4.78, 5) is 22.9. The number of carbonyl (C=O) groups is 2. The number of aromatic nitrogens is 1. The van der Waals surface area contributed by atoms with E-state index in [4.69, 9.17) is 11.0 Å². The van der Waals surface area contributed by atoms with Crippen LogP contribution in [0, 0.1) is 17.1 Å². The molecule has 2 aromatic rings. The molecule has 0 bridgehead atoms. The van der Waals surface area contributed by atoms with E-state index in [9.17, 15) is 14.0 Å². The SMILES string of the molecule is COC(=O)c1c(N)c(C#N)cn1-c1ccc(NC(C)=O)c(F)c1. The molecule has 1 heterocycles. The van der Waals surface area contributed by atoms with E-state index in [2.05, 4.69) is 10.1 Å². The minimum Gasteiger partial charge on any atom is -0.464 e. The Morgan fingerprint density at radius 3 is 2.65 bits per heavy atom. The molecular weight excluding hydrogens is 303 g/mol. The Morgan fingerprint density at radius 1 is 1.43 bits per heavy atom. The van der Waals surface area contributed by atoms with Crippen LogP contribution >= 0.6 is 0 Å². The molecule has 118 valence electrons. The number of nitrogens with two attached hydrogens (primary N) is 1. The van der Waals surface area contributed by atoms with Crippen LogP contribution in [0.25, 0.3) is 5.69 Å². The van der Waals surface area contributed by atoms with Crippen LogP contribution in [0.2, 0.25) is 0 Å². The van der Waals surface area contributed by atoms with Crippen molar-refractivity contribution in [3.8, 4) is 11.8 Å². The number of methoxy groups -OCH3 is 1.